The predicted octanol–water partition coefficient (Wildman–Crippen LogP) is 2.28. The fourth-order valence-corrected chi connectivity index (χ4v) is 4.91. The van der Waals surface area contributed by atoms with Gasteiger partial charge in [-0.15, -0.1) is 10.2 Å². The maximum absolute atomic E-state index is 12.8. The van der Waals surface area contributed by atoms with Crippen LogP contribution >= 0.6 is 0 Å². The van der Waals surface area contributed by atoms with Gasteiger partial charge < -0.3 is 20.0 Å². The van der Waals surface area contributed by atoms with Crippen molar-refractivity contribution >= 4 is 17.5 Å². The molecule has 3 heterocycles. The van der Waals surface area contributed by atoms with E-state index in [1.807, 2.05) is 0 Å². The second-order valence-electron chi connectivity index (χ2n) is 8.80. The third-order valence-electron chi connectivity index (χ3n) is 6.85. The second-order valence-corrected chi connectivity index (χ2v) is 8.80. The fraction of sp³-hybridized carbons (Fsp3) is 0.773. The summed E-state index contributed by atoms with van der Waals surface area (Å²) < 4.78 is 0. The molecule has 1 aromatic rings. The molecule has 0 spiro atoms. The van der Waals surface area contributed by atoms with Gasteiger partial charge in [-0.3, -0.25) is 4.79 Å². The Morgan fingerprint density at radius 3 is 2.28 bits per heavy atom. The van der Waals surface area contributed by atoms with Crippen LogP contribution in [0.2, 0.25) is 0 Å². The average Bonchev–Trinajstić information content (AvgIpc) is 2.80. The van der Waals surface area contributed by atoms with Gasteiger partial charge >= 0.3 is 0 Å². The van der Waals surface area contributed by atoms with E-state index in [4.69, 9.17) is 0 Å². The molecule has 1 amide bonds. The van der Waals surface area contributed by atoms with Crippen molar-refractivity contribution in [3.8, 4) is 0 Å². The van der Waals surface area contributed by atoms with Crippen molar-refractivity contribution in [2.75, 3.05) is 55.6 Å². The summed E-state index contributed by atoms with van der Waals surface area (Å²) in [4.78, 5) is 19.8. The van der Waals surface area contributed by atoms with E-state index in [1.165, 1.54) is 19.3 Å². The molecule has 29 heavy (non-hydrogen) atoms. The summed E-state index contributed by atoms with van der Waals surface area (Å²) in [6.45, 7) is 9.23. The quantitative estimate of drug-likeness (QED) is 0.818. The third kappa shape index (κ3) is 5.18. The highest BCUT2D eigenvalue weighted by molar-refractivity contribution is 5.79. The van der Waals surface area contributed by atoms with Crippen molar-refractivity contribution in [3.63, 3.8) is 0 Å². The zero-order valence-corrected chi connectivity index (χ0v) is 17.9. The van der Waals surface area contributed by atoms with Gasteiger partial charge in [0, 0.05) is 45.3 Å². The van der Waals surface area contributed by atoms with Crippen LogP contribution in [0.25, 0.3) is 0 Å². The van der Waals surface area contributed by atoms with E-state index in [-0.39, 0.29) is 11.8 Å². The van der Waals surface area contributed by atoms with Crippen molar-refractivity contribution in [1.82, 2.24) is 20.4 Å². The van der Waals surface area contributed by atoms with E-state index >= 15 is 0 Å². The van der Waals surface area contributed by atoms with Crippen LogP contribution in [0.15, 0.2) is 12.1 Å². The summed E-state index contributed by atoms with van der Waals surface area (Å²) in [6, 6.07) is 4.56. The normalized spacial score (nSPS) is 24.5. The second kappa shape index (κ2) is 9.74. The lowest BCUT2D eigenvalue weighted by Crippen LogP contribution is -2.47. The van der Waals surface area contributed by atoms with E-state index in [0.717, 1.165) is 83.1 Å². The zero-order chi connectivity index (χ0) is 20.1. The molecule has 2 saturated heterocycles. The average molecular weight is 401 g/mol. The highest BCUT2D eigenvalue weighted by Gasteiger charge is 2.28. The third-order valence-corrected chi connectivity index (χ3v) is 6.85. The van der Waals surface area contributed by atoms with Crippen molar-refractivity contribution < 1.29 is 4.79 Å². The number of piperidine rings is 1. The SMILES string of the molecule is CCN1CCN(c2ccc(N3CCCC(C(=O)NC4CCCCC4)C3)nn2)CC1. The van der Waals surface area contributed by atoms with E-state index in [0.29, 0.717) is 6.04 Å². The van der Waals surface area contributed by atoms with Crippen LogP contribution < -0.4 is 15.1 Å². The number of amides is 1. The van der Waals surface area contributed by atoms with Gasteiger partial charge in [0.15, 0.2) is 11.6 Å². The molecule has 1 atom stereocenters. The molecule has 160 valence electrons. The molecule has 1 aromatic heterocycles. The first-order chi connectivity index (χ1) is 14.2. The Labute approximate surface area is 174 Å². The largest absolute Gasteiger partial charge is 0.354 e. The van der Waals surface area contributed by atoms with Crippen molar-refractivity contribution in [2.45, 2.75) is 57.9 Å². The molecule has 1 saturated carbocycles. The smallest absolute Gasteiger partial charge is 0.225 e. The molecule has 0 aromatic carbocycles. The first-order valence-corrected chi connectivity index (χ1v) is 11.6. The molecule has 0 bridgehead atoms. The molecular weight excluding hydrogens is 364 g/mol. The minimum absolute atomic E-state index is 0.0641. The van der Waals surface area contributed by atoms with Crippen LogP contribution in [0.4, 0.5) is 11.6 Å². The Hall–Kier alpha value is -1.89. The summed E-state index contributed by atoms with van der Waals surface area (Å²) >= 11 is 0. The summed E-state index contributed by atoms with van der Waals surface area (Å²) in [6.07, 6.45) is 8.09. The predicted molar refractivity (Wildman–Crippen MR) is 116 cm³/mol. The van der Waals surface area contributed by atoms with E-state index in [9.17, 15) is 4.79 Å². The topological polar surface area (TPSA) is 64.6 Å². The summed E-state index contributed by atoms with van der Waals surface area (Å²) in [5, 5.41) is 12.3. The Morgan fingerprint density at radius 2 is 1.62 bits per heavy atom. The first-order valence-electron chi connectivity index (χ1n) is 11.6. The number of rotatable bonds is 5. The standard InChI is InChI=1S/C22H36N6O/c1-2-26-13-15-27(16-14-26)20-10-11-21(25-24-20)28-12-6-7-18(17-28)22(29)23-19-8-4-3-5-9-19/h10-11,18-19H,2-9,12-17H2,1H3,(H,23,29). The maximum atomic E-state index is 12.8. The number of hydrogen-bond acceptors (Lipinski definition) is 6. The molecule has 1 aliphatic carbocycles. The molecule has 4 rings (SSSR count). The Morgan fingerprint density at radius 1 is 0.931 bits per heavy atom. The monoisotopic (exact) mass is 400 g/mol. The minimum atomic E-state index is 0.0641. The zero-order valence-electron chi connectivity index (χ0n) is 17.9. The number of piperazine rings is 1. The highest BCUT2D eigenvalue weighted by atomic mass is 16.2. The van der Waals surface area contributed by atoms with Gasteiger partial charge in [-0.25, -0.2) is 0 Å². The lowest BCUT2D eigenvalue weighted by Gasteiger charge is -2.35. The van der Waals surface area contributed by atoms with Gasteiger partial charge in [0.2, 0.25) is 5.91 Å². The van der Waals surface area contributed by atoms with Crippen molar-refractivity contribution in [2.24, 2.45) is 5.92 Å². The van der Waals surface area contributed by atoms with E-state index in [1.54, 1.807) is 0 Å². The number of nitrogens with zero attached hydrogens (tertiary/aromatic N) is 5. The van der Waals surface area contributed by atoms with Crippen LogP contribution in [-0.2, 0) is 4.79 Å². The first kappa shape index (κ1) is 20.4. The van der Waals surface area contributed by atoms with E-state index in [2.05, 4.69) is 49.3 Å². The van der Waals surface area contributed by atoms with Crippen LogP contribution in [0, 0.1) is 5.92 Å². The maximum Gasteiger partial charge on any atom is 0.225 e. The van der Waals surface area contributed by atoms with E-state index < -0.39 is 0 Å². The molecule has 7 heteroatoms. The van der Waals surface area contributed by atoms with Gasteiger partial charge in [-0.1, -0.05) is 26.2 Å². The number of nitrogens with one attached hydrogen (secondary N) is 1. The van der Waals surface area contributed by atoms with Crippen LogP contribution in [0.3, 0.4) is 0 Å². The fourth-order valence-electron chi connectivity index (χ4n) is 4.91. The number of likely N-dealkylation sites (N-methyl/N-ethyl adjacent to an activating group) is 1. The number of carbonyl (C=O) groups excluding carboxylic acids is 1. The molecule has 3 fully saturated rings. The molecule has 0 radical (unpaired) electrons. The molecule has 2 aliphatic heterocycles. The number of carbonyl (C=O) groups is 1. The summed E-state index contributed by atoms with van der Waals surface area (Å²) in [7, 11) is 0. The number of anilines is 2. The molecular formula is C22H36N6O. The molecule has 1 N–H and O–H groups in total. The minimum Gasteiger partial charge on any atom is -0.354 e. The Bertz CT molecular complexity index is 652. The van der Waals surface area contributed by atoms with Gasteiger partial charge in [0.1, 0.15) is 0 Å². The van der Waals surface area contributed by atoms with Gasteiger partial charge in [0.25, 0.3) is 0 Å². The Kier molecular flexibility index (Phi) is 6.85. The van der Waals surface area contributed by atoms with Crippen LogP contribution in [0.5, 0.6) is 0 Å². The summed E-state index contributed by atoms with van der Waals surface area (Å²) in [5.41, 5.74) is 0. The number of hydrogen-bond donors (Lipinski definition) is 1. The number of aromatic nitrogens is 2. The van der Waals surface area contributed by atoms with Crippen molar-refractivity contribution in [1.29, 1.82) is 0 Å². The molecule has 3 aliphatic rings. The van der Waals surface area contributed by atoms with Gasteiger partial charge in [-0.05, 0) is 44.4 Å². The van der Waals surface area contributed by atoms with Crippen LogP contribution in [0.1, 0.15) is 51.9 Å². The van der Waals surface area contributed by atoms with Crippen molar-refractivity contribution in [3.05, 3.63) is 12.1 Å². The van der Waals surface area contributed by atoms with Gasteiger partial charge in [-0.2, -0.15) is 0 Å². The lowest BCUT2D eigenvalue weighted by molar-refractivity contribution is -0.126. The van der Waals surface area contributed by atoms with Gasteiger partial charge in [0.05, 0.1) is 5.92 Å². The van der Waals surface area contributed by atoms with Crippen LogP contribution in [-0.4, -0.2) is 72.9 Å². The lowest BCUT2D eigenvalue weighted by atomic mass is 9.93. The summed E-state index contributed by atoms with van der Waals surface area (Å²) in [5.74, 6) is 2.17. The molecule has 7 nitrogen and oxygen atoms in total. The Balaban J connectivity index is 1.31. The molecule has 1 unspecified atom stereocenters. The highest BCUT2D eigenvalue weighted by Crippen LogP contribution is 2.24.